The Labute approximate surface area is 373 Å². The van der Waals surface area contributed by atoms with E-state index in [1.165, 1.54) is 0 Å². The maximum absolute atomic E-state index is 6.74. The number of hydrogen-bond acceptors (Lipinski definition) is 11. The molecule has 3 aromatic rings. The van der Waals surface area contributed by atoms with Gasteiger partial charge in [0, 0.05) is 36.7 Å². The van der Waals surface area contributed by atoms with Gasteiger partial charge in [0.15, 0.2) is 0 Å². The Bertz CT molecular complexity index is 1880. The SMILES string of the molecule is CCOCC(C)(C)CO/C1=C/N(CC)c2ccc(C)cc2OCCN(c2ccc(C)cc2OCC(C)(C)COC(C)(C)C)CCOc2cc(C)ccc2N(CC)/C=C\OCCO1. The van der Waals surface area contributed by atoms with Crippen LogP contribution in [0.4, 0.5) is 17.1 Å². The van der Waals surface area contributed by atoms with Crippen LogP contribution >= 0.6 is 0 Å². The minimum absolute atomic E-state index is 0.214. The molecule has 0 bridgehead atoms. The van der Waals surface area contributed by atoms with Gasteiger partial charge in [0.05, 0.1) is 74.6 Å². The largest absolute Gasteiger partial charge is 0.496 e. The number of nitrogens with zero attached hydrogens (tertiary/aromatic N) is 3. The first kappa shape index (κ1) is 49.9. The van der Waals surface area contributed by atoms with Crippen molar-refractivity contribution in [1.29, 1.82) is 0 Å². The van der Waals surface area contributed by atoms with Gasteiger partial charge in [-0.1, -0.05) is 45.9 Å². The molecule has 0 spiro atoms. The van der Waals surface area contributed by atoms with Crippen molar-refractivity contribution in [2.45, 2.75) is 95.6 Å². The van der Waals surface area contributed by atoms with Gasteiger partial charge in [-0.05, 0) is 115 Å². The van der Waals surface area contributed by atoms with E-state index in [-0.39, 0.29) is 23.0 Å². The number of benzene rings is 3. The summed E-state index contributed by atoms with van der Waals surface area (Å²) in [5.74, 6) is 2.77. The van der Waals surface area contributed by atoms with Crippen LogP contribution in [0.2, 0.25) is 0 Å². The fraction of sp³-hybridized carbons (Fsp3) is 0.569. The summed E-state index contributed by atoms with van der Waals surface area (Å²) in [7, 11) is 0. The van der Waals surface area contributed by atoms with Crippen molar-refractivity contribution in [2.24, 2.45) is 10.8 Å². The van der Waals surface area contributed by atoms with E-state index in [0.29, 0.717) is 85.0 Å². The van der Waals surface area contributed by atoms with Gasteiger partial charge in [-0.2, -0.15) is 0 Å². The maximum atomic E-state index is 6.74. The minimum Gasteiger partial charge on any atom is -0.496 e. The Balaban J connectivity index is 1.73. The molecule has 11 heteroatoms. The summed E-state index contributed by atoms with van der Waals surface area (Å²) in [6, 6.07) is 19.0. The molecular weight excluding hydrogens is 783 g/mol. The van der Waals surface area contributed by atoms with Gasteiger partial charge in [-0.25, -0.2) is 0 Å². The molecule has 0 aromatic heterocycles. The number of rotatable bonds is 14. The molecule has 11 nitrogen and oxygen atoms in total. The lowest BCUT2D eigenvalue weighted by Crippen LogP contribution is -2.34. The second-order valence-electron chi connectivity index (χ2n) is 18.6. The van der Waals surface area contributed by atoms with Crippen LogP contribution in [0.1, 0.15) is 85.9 Å². The molecule has 1 aliphatic heterocycles. The van der Waals surface area contributed by atoms with Gasteiger partial charge >= 0.3 is 0 Å². The second kappa shape index (κ2) is 23.6. The first-order valence-corrected chi connectivity index (χ1v) is 22.4. The van der Waals surface area contributed by atoms with E-state index >= 15 is 0 Å². The van der Waals surface area contributed by atoms with Gasteiger partial charge in [-0.3, -0.25) is 0 Å². The van der Waals surface area contributed by atoms with E-state index in [9.17, 15) is 0 Å². The molecule has 4 rings (SSSR count). The van der Waals surface area contributed by atoms with Crippen molar-refractivity contribution < 1.29 is 37.9 Å². The van der Waals surface area contributed by atoms with Gasteiger partial charge in [0.1, 0.15) is 43.7 Å². The number of fused-ring (bicyclic) bond motifs is 2. The Morgan fingerprint density at radius 1 is 0.581 bits per heavy atom. The molecule has 1 heterocycles. The third kappa shape index (κ3) is 16.5. The van der Waals surface area contributed by atoms with E-state index in [4.69, 9.17) is 37.9 Å². The first-order valence-electron chi connectivity index (χ1n) is 22.4. The predicted octanol–water partition coefficient (Wildman–Crippen LogP) is 10.8. The van der Waals surface area contributed by atoms with Gasteiger partial charge in [0.25, 0.3) is 5.95 Å². The standard InChI is InChI=1S/C51H77N3O8/c1-14-52-23-26-56-29-30-59-48(61-37-50(10,11)35-55-16-3)34-53(15-2)43-21-18-40(5)32-46(43)58-28-25-54(24-27-57-45-31-39(4)17-20-42(45)52)44-22-19-41(6)33-47(44)60-36-51(12,13)38-62-49(7,8)9/h17-23,26,31-34H,14-16,24-25,27-30,35-38H2,1-13H3/b26-23-,48-34+. The van der Waals surface area contributed by atoms with Crippen LogP contribution in [-0.2, 0) is 23.7 Å². The molecule has 0 unspecified atom stereocenters. The second-order valence-corrected chi connectivity index (χ2v) is 18.6. The molecule has 0 aliphatic carbocycles. The summed E-state index contributed by atoms with van der Waals surface area (Å²) in [6.07, 6.45) is 5.56. The van der Waals surface area contributed by atoms with Crippen molar-refractivity contribution in [3.63, 3.8) is 0 Å². The van der Waals surface area contributed by atoms with Crippen LogP contribution in [0.15, 0.2) is 79.2 Å². The minimum atomic E-state index is -0.237. The highest BCUT2D eigenvalue weighted by atomic mass is 16.7. The van der Waals surface area contributed by atoms with E-state index in [0.717, 1.165) is 51.0 Å². The molecule has 0 atom stereocenters. The van der Waals surface area contributed by atoms with E-state index in [1.807, 2.05) is 19.3 Å². The Hall–Kier alpha value is -4.74. The maximum Gasteiger partial charge on any atom is 0.296 e. The monoisotopic (exact) mass is 860 g/mol. The van der Waals surface area contributed by atoms with Gasteiger partial charge in [0.2, 0.25) is 0 Å². The van der Waals surface area contributed by atoms with Crippen LogP contribution in [0.5, 0.6) is 17.2 Å². The molecule has 0 radical (unpaired) electrons. The van der Waals surface area contributed by atoms with E-state index in [1.54, 1.807) is 6.26 Å². The fourth-order valence-corrected chi connectivity index (χ4v) is 6.55. The zero-order valence-corrected chi connectivity index (χ0v) is 40.2. The number of hydrogen-bond donors (Lipinski definition) is 0. The van der Waals surface area contributed by atoms with Crippen molar-refractivity contribution in [3.05, 3.63) is 95.9 Å². The van der Waals surface area contributed by atoms with E-state index < -0.39 is 0 Å². The van der Waals surface area contributed by atoms with Gasteiger partial charge < -0.3 is 52.6 Å². The molecule has 0 saturated heterocycles. The molecule has 62 heavy (non-hydrogen) atoms. The topological polar surface area (TPSA) is 83.6 Å². The lowest BCUT2D eigenvalue weighted by Gasteiger charge is -2.31. The van der Waals surface area contributed by atoms with Crippen molar-refractivity contribution in [2.75, 3.05) is 100 Å². The molecule has 0 amide bonds. The number of ether oxygens (including phenoxy) is 8. The van der Waals surface area contributed by atoms with Crippen molar-refractivity contribution in [3.8, 4) is 17.2 Å². The van der Waals surface area contributed by atoms with Crippen LogP contribution in [0.25, 0.3) is 0 Å². The Kier molecular flexibility index (Phi) is 19.0. The lowest BCUT2D eigenvalue weighted by atomic mass is 9.96. The van der Waals surface area contributed by atoms with Crippen LogP contribution in [0.3, 0.4) is 0 Å². The number of aryl methyl sites for hydroxylation is 3. The van der Waals surface area contributed by atoms with E-state index in [2.05, 4.69) is 152 Å². The first-order chi connectivity index (χ1) is 29.4. The summed E-state index contributed by atoms with van der Waals surface area (Å²) in [4.78, 5) is 6.52. The average Bonchev–Trinajstić information content (AvgIpc) is 3.21. The highest BCUT2D eigenvalue weighted by Gasteiger charge is 2.25. The number of anilines is 3. The fourth-order valence-electron chi connectivity index (χ4n) is 6.55. The van der Waals surface area contributed by atoms with Crippen molar-refractivity contribution >= 4 is 17.1 Å². The van der Waals surface area contributed by atoms with Gasteiger partial charge in [-0.15, -0.1) is 0 Å². The summed E-state index contributed by atoms with van der Waals surface area (Å²) in [5, 5.41) is 0. The third-order valence-electron chi connectivity index (χ3n) is 10.1. The summed E-state index contributed by atoms with van der Waals surface area (Å²) in [5.41, 5.74) is 5.47. The zero-order valence-electron chi connectivity index (χ0n) is 40.2. The normalized spacial score (nSPS) is 16.5. The Morgan fingerprint density at radius 2 is 1.13 bits per heavy atom. The molecule has 1 aliphatic rings. The molecule has 0 N–H and O–H groups in total. The zero-order chi connectivity index (χ0) is 45.3. The van der Waals surface area contributed by atoms with Crippen LogP contribution in [0, 0.1) is 31.6 Å². The molecular formula is C51H77N3O8. The van der Waals surface area contributed by atoms with Crippen molar-refractivity contribution in [1.82, 2.24) is 0 Å². The highest BCUT2D eigenvalue weighted by Crippen LogP contribution is 2.35. The Morgan fingerprint density at radius 3 is 1.71 bits per heavy atom. The lowest BCUT2D eigenvalue weighted by molar-refractivity contribution is -0.0532. The average molecular weight is 860 g/mol. The summed E-state index contributed by atoms with van der Waals surface area (Å²) < 4.78 is 50.7. The smallest absolute Gasteiger partial charge is 0.296 e. The third-order valence-corrected chi connectivity index (χ3v) is 10.1. The molecule has 3 aromatic carbocycles. The molecule has 0 saturated carbocycles. The quantitative estimate of drug-likeness (QED) is 0.155. The van der Waals surface area contributed by atoms with Crippen LogP contribution < -0.4 is 28.9 Å². The summed E-state index contributed by atoms with van der Waals surface area (Å²) >= 11 is 0. The predicted molar refractivity (Wildman–Crippen MR) is 253 cm³/mol. The summed E-state index contributed by atoms with van der Waals surface area (Å²) in [6.45, 7) is 33.9. The highest BCUT2D eigenvalue weighted by molar-refractivity contribution is 5.63. The molecule has 0 fully saturated rings. The van der Waals surface area contributed by atoms with Crippen LogP contribution in [-0.4, -0.2) is 91.2 Å². The molecule has 344 valence electrons.